The van der Waals surface area contributed by atoms with Crippen molar-refractivity contribution in [2.45, 2.75) is 143 Å². The Bertz CT molecular complexity index is 1280. The standard InChI is InChI=1S/C36H56O10/c1-31(2)13-15-36(30(44)46-28-27(41)26(40)25(39)21(18-37)45-28)16-14-33(4)19(20(36)17-31)7-8-22-32(3)11-10-24(38)35(6,29(42)43)23(32)9-12-34(22,33)5/h7,20-28,37-41H,8-18H2,1-6H3,(H,42,43)/t20?,21-,22?,23?,24?,25-,26+,27-,28+,32?,33?,34?,35?,36?/m1/s1. The molecule has 1 heterocycles. The monoisotopic (exact) mass is 648 g/mol. The first-order valence-corrected chi connectivity index (χ1v) is 17.5. The van der Waals surface area contributed by atoms with Gasteiger partial charge in [0.05, 0.1) is 23.5 Å². The summed E-state index contributed by atoms with van der Waals surface area (Å²) < 4.78 is 11.5. The predicted octanol–water partition coefficient (Wildman–Crippen LogP) is 3.56. The highest BCUT2D eigenvalue weighted by Crippen LogP contribution is 2.76. The fourth-order valence-electron chi connectivity index (χ4n) is 12.0. The maximum atomic E-state index is 14.4. The van der Waals surface area contributed by atoms with Crippen molar-refractivity contribution in [3.05, 3.63) is 11.6 Å². The molecule has 6 N–H and O–H groups in total. The van der Waals surface area contributed by atoms with Crippen LogP contribution in [-0.2, 0) is 19.1 Å². The Morgan fingerprint density at radius 1 is 0.870 bits per heavy atom. The molecule has 0 aromatic carbocycles. The molecule has 6 aliphatic rings. The highest BCUT2D eigenvalue weighted by molar-refractivity contribution is 5.79. The molecule has 5 aliphatic carbocycles. The van der Waals surface area contributed by atoms with Crippen LogP contribution in [-0.4, -0.2) is 86.0 Å². The highest BCUT2D eigenvalue weighted by atomic mass is 16.7. The summed E-state index contributed by atoms with van der Waals surface area (Å²) in [5.74, 6) is -1.40. The van der Waals surface area contributed by atoms with Gasteiger partial charge in [-0.15, -0.1) is 0 Å². The fourth-order valence-corrected chi connectivity index (χ4v) is 12.0. The van der Waals surface area contributed by atoms with Crippen LogP contribution in [0.5, 0.6) is 0 Å². The van der Waals surface area contributed by atoms with Crippen molar-refractivity contribution in [2.24, 2.45) is 50.2 Å². The summed E-state index contributed by atoms with van der Waals surface area (Å²) in [6.07, 6.45) is 1.20. The maximum Gasteiger partial charge on any atom is 0.315 e. The number of hydrogen-bond acceptors (Lipinski definition) is 9. The molecule has 0 radical (unpaired) electrons. The van der Waals surface area contributed by atoms with Crippen molar-refractivity contribution in [2.75, 3.05) is 6.61 Å². The van der Waals surface area contributed by atoms with Crippen LogP contribution in [0.1, 0.15) is 106 Å². The van der Waals surface area contributed by atoms with Gasteiger partial charge in [-0.2, -0.15) is 0 Å². The SMILES string of the molecule is CC1(C)CCC2(C(=O)O[C@@H]3O[C@H](CO)[C@@H](O)[C@H](O)[C@H]3O)CCC3(C)C(=CCC4C5(C)CCC(O)C(C)(C(=O)O)C5CCC43C)C2C1. The number of rotatable bonds is 4. The normalized spacial score (nSPS) is 53.0. The van der Waals surface area contributed by atoms with Gasteiger partial charge in [0.2, 0.25) is 6.29 Å². The molecule has 0 amide bonds. The lowest BCUT2D eigenvalue weighted by atomic mass is 9.33. The van der Waals surface area contributed by atoms with E-state index in [1.807, 2.05) is 0 Å². The van der Waals surface area contributed by atoms with Crippen LogP contribution in [0.3, 0.4) is 0 Å². The molecule has 10 heteroatoms. The number of carboxylic acid groups (broad SMARTS) is 1. The third-order valence-corrected chi connectivity index (χ3v) is 15.2. The van der Waals surface area contributed by atoms with Crippen LogP contribution >= 0.6 is 0 Å². The second-order valence-electron chi connectivity index (χ2n) is 17.6. The third-order valence-electron chi connectivity index (χ3n) is 15.2. The fraction of sp³-hybridized carbons (Fsp3) is 0.889. The molecule has 1 aliphatic heterocycles. The Balaban J connectivity index is 1.36. The largest absolute Gasteiger partial charge is 0.481 e. The summed E-state index contributed by atoms with van der Waals surface area (Å²) in [5.41, 5.74) is -1.39. The van der Waals surface area contributed by atoms with Gasteiger partial charge in [0.25, 0.3) is 0 Å². The first kappa shape index (κ1) is 34.3. The van der Waals surface area contributed by atoms with Crippen LogP contribution < -0.4 is 0 Å². The van der Waals surface area contributed by atoms with E-state index in [0.717, 1.165) is 44.9 Å². The minimum Gasteiger partial charge on any atom is -0.481 e. The number of ether oxygens (including phenoxy) is 2. The molecular formula is C36H56O10. The number of fused-ring (bicyclic) bond motifs is 7. The van der Waals surface area contributed by atoms with Crippen molar-refractivity contribution in [3.8, 4) is 0 Å². The molecule has 14 atom stereocenters. The summed E-state index contributed by atoms with van der Waals surface area (Å²) in [7, 11) is 0. The van der Waals surface area contributed by atoms with E-state index >= 15 is 0 Å². The minimum absolute atomic E-state index is 0.0130. The van der Waals surface area contributed by atoms with Crippen LogP contribution in [0.2, 0.25) is 0 Å². The average molecular weight is 649 g/mol. The first-order chi connectivity index (χ1) is 21.3. The Kier molecular flexibility index (Phi) is 8.18. The van der Waals surface area contributed by atoms with E-state index in [1.165, 1.54) is 5.57 Å². The third kappa shape index (κ3) is 4.49. The number of allylic oxidation sites excluding steroid dienone is 2. The van der Waals surface area contributed by atoms with Gasteiger partial charge in [0.15, 0.2) is 0 Å². The number of aliphatic hydroxyl groups is 5. The van der Waals surface area contributed by atoms with Gasteiger partial charge >= 0.3 is 11.9 Å². The number of aliphatic carboxylic acids is 1. The van der Waals surface area contributed by atoms with E-state index in [2.05, 4.69) is 40.7 Å². The number of carboxylic acids is 1. The molecule has 4 saturated carbocycles. The van der Waals surface area contributed by atoms with Crippen molar-refractivity contribution in [1.29, 1.82) is 0 Å². The molecule has 0 aromatic rings. The van der Waals surface area contributed by atoms with Crippen LogP contribution in [0, 0.1) is 50.2 Å². The van der Waals surface area contributed by atoms with Gasteiger partial charge < -0.3 is 40.1 Å². The first-order valence-electron chi connectivity index (χ1n) is 17.5. The Hall–Kier alpha value is -1.56. The van der Waals surface area contributed by atoms with Crippen LogP contribution in [0.15, 0.2) is 11.6 Å². The quantitative estimate of drug-likeness (QED) is 0.195. The van der Waals surface area contributed by atoms with Gasteiger partial charge in [-0.3, -0.25) is 9.59 Å². The van der Waals surface area contributed by atoms with E-state index in [1.54, 1.807) is 6.92 Å². The van der Waals surface area contributed by atoms with Crippen molar-refractivity contribution in [1.82, 2.24) is 0 Å². The molecular weight excluding hydrogens is 592 g/mol. The average Bonchev–Trinajstić information content (AvgIpc) is 2.99. The van der Waals surface area contributed by atoms with E-state index < -0.39 is 66.2 Å². The zero-order valence-corrected chi connectivity index (χ0v) is 28.4. The van der Waals surface area contributed by atoms with Crippen molar-refractivity contribution in [3.63, 3.8) is 0 Å². The topological polar surface area (TPSA) is 174 Å². The van der Waals surface area contributed by atoms with Gasteiger partial charge in [-0.05, 0) is 111 Å². The summed E-state index contributed by atoms with van der Waals surface area (Å²) in [6.45, 7) is 12.6. The van der Waals surface area contributed by atoms with Gasteiger partial charge in [0.1, 0.15) is 24.4 Å². The van der Waals surface area contributed by atoms with Crippen LogP contribution in [0.4, 0.5) is 0 Å². The number of carbonyl (C=O) groups is 2. The molecule has 10 nitrogen and oxygen atoms in total. The molecule has 46 heavy (non-hydrogen) atoms. The number of carbonyl (C=O) groups excluding carboxylic acids is 1. The number of hydrogen-bond donors (Lipinski definition) is 6. The highest BCUT2D eigenvalue weighted by Gasteiger charge is 2.71. The summed E-state index contributed by atoms with van der Waals surface area (Å²) in [5, 5.41) is 62.4. The van der Waals surface area contributed by atoms with Gasteiger partial charge in [-0.25, -0.2) is 0 Å². The van der Waals surface area contributed by atoms with Crippen molar-refractivity contribution < 1.29 is 49.7 Å². The van der Waals surface area contributed by atoms with E-state index in [9.17, 15) is 40.2 Å². The van der Waals surface area contributed by atoms with E-state index in [-0.39, 0.29) is 39.4 Å². The Morgan fingerprint density at radius 2 is 1.54 bits per heavy atom. The second-order valence-corrected chi connectivity index (χ2v) is 17.6. The van der Waals surface area contributed by atoms with Gasteiger partial charge in [0, 0.05) is 0 Å². The second kappa shape index (κ2) is 11.0. The summed E-state index contributed by atoms with van der Waals surface area (Å²) >= 11 is 0. The zero-order valence-electron chi connectivity index (χ0n) is 28.4. The molecule has 9 unspecified atom stereocenters. The molecule has 0 spiro atoms. The smallest absolute Gasteiger partial charge is 0.315 e. The number of aliphatic hydroxyl groups excluding tert-OH is 5. The maximum absolute atomic E-state index is 14.4. The van der Waals surface area contributed by atoms with Crippen LogP contribution in [0.25, 0.3) is 0 Å². The Morgan fingerprint density at radius 3 is 2.20 bits per heavy atom. The molecule has 6 rings (SSSR count). The van der Waals surface area contributed by atoms with E-state index in [0.29, 0.717) is 19.3 Å². The zero-order chi connectivity index (χ0) is 33.8. The molecule has 0 aromatic heterocycles. The lowest BCUT2D eigenvalue weighted by molar-refractivity contribution is -0.297. The molecule has 1 saturated heterocycles. The minimum atomic E-state index is -1.65. The van der Waals surface area contributed by atoms with Crippen molar-refractivity contribution >= 4 is 11.9 Å². The summed E-state index contributed by atoms with van der Waals surface area (Å²) in [6, 6.07) is 0. The molecule has 0 bridgehead atoms. The Labute approximate surface area is 272 Å². The summed E-state index contributed by atoms with van der Waals surface area (Å²) in [4.78, 5) is 27.1. The molecule has 260 valence electrons. The van der Waals surface area contributed by atoms with E-state index in [4.69, 9.17) is 9.47 Å². The predicted molar refractivity (Wildman–Crippen MR) is 167 cm³/mol. The lowest BCUT2D eigenvalue weighted by Gasteiger charge is -2.71. The van der Waals surface area contributed by atoms with Gasteiger partial charge in [-0.1, -0.05) is 46.3 Å². The lowest BCUT2D eigenvalue weighted by Crippen LogP contribution is -2.66. The molecule has 5 fully saturated rings. The number of esters is 1.